The van der Waals surface area contributed by atoms with Crippen molar-refractivity contribution in [3.8, 4) is 0 Å². The zero-order chi connectivity index (χ0) is 14.1. The van der Waals surface area contributed by atoms with Crippen LogP contribution in [-0.4, -0.2) is 44.0 Å². The third-order valence-electron chi connectivity index (χ3n) is 3.96. The van der Waals surface area contributed by atoms with Gasteiger partial charge < -0.3 is 10.2 Å². The fourth-order valence-electron chi connectivity index (χ4n) is 2.76. The fraction of sp³-hybridized carbons (Fsp3) is 0.692. The quantitative estimate of drug-likeness (QED) is 0.891. The lowest BCUT2D eigenvalue weighted by Crippen LogP contribution is -2.58. The highest BCUT2D eigenvalue weighted by Gasteiger charge is 2.41. The molecule has 0 spiro atoms. The molecule has 1 aromatic rings. The predicted molar refractivity (Wildman–Crippen MR) is 74.6 cm³/mol. The minimum absolute atomic E-state index is 0.146. The maximum absolute atomic E-state index is 11.9. The molecule has 19 heavy (non-hydrogen) atoms. The maximum Gasteiger partial charge on any atom is 0.152 e. The Balaban J connectivity index is 2.16. The first kappa shape index (κ1) is 14.6. The Kier molecular flexibility index (Phi) is 4.03. The topological polar surface area (TPSA) is 76.5 Å². The van der Waals surface area contributed by atoms with Gasteiger partial charge in [-0.25, -0.2) is 8.42 Å². The molecule has 0 amide bonds. The highest BCUT2D eigenvalue weighted by molar-refractivity contribution is 7.91. The molecule has 0 saturated carbocycles. The normalized spacial score (nSPS) is 26.7. The molecule has 2 heterocycles. The summed E-state index contributed by atoms with van der Waals surface area (Å²) in [6.07, 6.45) is 1.50. The van der Waals surface area contributed by atoms with Gasteiger partial charge in [-0.1, -0.05) is 0 Å². The summed E-state index contributed by atoms with van der Waals surface area (Å²) >= 11 is 0. The molecule has 0 aromatic carbocycles. The van der Waals surface area contributed by atoms with Gasteiger partial charge in [0.1, 0.15) is 11.5 Å². The molecule has 0 radical (unpaired) electrons. The Labute approximate surface area is 114 Å². The molecule has 1 fully saturated rings. The van der Waals surface area contributed by atoms with Gasteiger partial charge >= 0.3 is 0 Å². The van der Waals surface area contributed by atoms with Crippen LogP contribution in [0.3, 0.4) is 0 Å². The molecule has 5 nitrogen and oxygen atoms in total. The van der Waals surface area contributed by atoms with Crippen molar-refractivity contribution >= 4 is 9.84 Å². The van der Waals surface area contributed by atoms with Crippen LogP contribution in [-0.2, 0) is 16.4 Å². The Hall–Kier alpha value is -0.850. The third kappa shape index (κ3) is 3.19. The van der Waals surface area contributed by atoms with Crippen LogP contribution in [0.2, 0.25) is 0 Å². The monoisotopic (exact) mass is 286 g/mol. The number of furan rings is 1. The molecule has 1 aliphatic rings. The van der Waals surface area contributed by atoms with Gasteiger partial charge in [-0.2, -0.15) is 0 Å². The van der Waals surface area contributed by atoms with Gasteiger partial charge in [0.2, 0.25) is 0 Å². The summed E-state index contributed by atoms with van der Waals surface area (Å²) in [5.74, 6) is 2.13. The fourth-order valence-corrected chi connectivity index (χ4v) is 4.79. The number of nitrogens with two attached hydrogens (primary N) is 1. The lowest BCUT2D eigenvalue weighted by molar-refractivity contribution is 0.115. The molecule has 0 aliphatic carbocycles. The Morgan fingerprint density at radius 2 is 2.21 bits per heavy atom. The van der Waals surface area contributed by atoms with E-state index in [1.807, 2.05) is 31.0 Å². The van der Waals surface area contributed by atoms with Crippen molar-refractivity contribution in [2.45, 2.75) is 31.8 Å². The molecule has 0 bridgehead atoms. The number of aryl methyl sites for hydroxylation is 1. The van der Waals surface area contributed by atoms with E-state index < -0.39 is 15.4 Å². The summed E-state index contributed by atoms with van der Waals surface area (Å²) in [6, 6.07) is 3.84. The van der Waals surface area contributed by atoms with E-state index in [2.05, 4.69) is 0 Å². The van der Waals surface area contributed by atoms with Gasteiger partial charge in [0.15, 0.2) is 9.84 Å². The molecule has 1 saturated heterocycles. The van der Waals surface area contributed by atoms with Gasteiger partial charge in [-0.15, -0.1) is 0 Å². The van der Waals surface area contributed by atoms with Gasteiger partial charge in [-0.3, -0.25) is 4.90 Å². The molecular weight excluding hydrogens is 264 g/mol. The van der Waals surface area contributed by atoms with Crippen molar-refractivity contribution in [1.82, 2.24) is 4.90 Å². The van der Waals surface area contributed by atoms with Crippen LogP contribution in [0, 0.1) is 6.92 Å². The molecular formula is C13H22N2O3S. The smallest absolute Gasteiger partial charge is 0.152 e. The highest BCUT2D eigenvalue weighted by atomic mass is 32.2. The molecule has 2 N–H and O–H groups in total. The van der Waals surface area contributed by atoms with Crippen LogP contribution >= 0.6 is 0 Å². The number of hydrogen-bond acceptors (Lipinski definition) is 5. The first-order chi connectivity index (χ1) is 8.87. The van der Waals surface area contributed by atoms with E-state index in [-0.39, 0.29) is 11.5 Å². The lowest BCUT2D eigenvalue weighted by atomic mass is 9.93. The SMILES string of the molecule is Cc1ccc(CN(C)C2(CN)CCCS(=O)(=O)C2)o1. The number of likely N-dealkylation sites (N-methyl/N-ethyl adjacent to an activating group) is 1. The highest BCUT2D eigenvalue weighted by Crippen LogP contribution is 2.29. The molecule has 1 aliphatic heterocycles. The first-order valence-corrected chi connectivity index (χ1v) is 8.36. The summed E-state index contributed by atoms with van der Waals surface area (Å²) in [5, 5.41) is 0. The van der Waals surface area contributed by atoms with Gasteiger partial charge in [0.05, 0.1) is 18.1 Å². The Bertz CT molecular complexity index is 538. The van der Waals surface area contributed by atoms with Crippen molar-refractivity contribution in [1.29, 1.82) is 0 Å². The maximum atomic E-state index is 11.9. The average molecular weight is 286 g/mol. The van der Waals surface area contributed by atoms with Crippen molar-refractivity contribution in [3.05, 3.63) is 23.7 Å². The number of nitrogens with zero attached hydrogens (tertiary/aromatic N) is 1. The van der Waals surface area contributed by atoms with Gasteiger partial charge in [0, 0.05) is 12.1 Å². The third-order valence-corrected chi connectivity index (χ3v) is 5.85. The van der Waals surface area contributed by atoms with E-state index in [0.29, 0.717) is 19.5 Å². The van der Waals surface area contributed by atoms with Crippen molar-refractivity contribution < 1.29 is 12.8 Å². The van der Waals surface area contributed by atoms with Crippen LogP contribution in [0.15, 0.2) is 16.5 Å². The summed E-state index contributed by atoms with van der Waals surface area (Å²) in [4.78, 5) is 2.03. The molecule has 2 rings (SSSR count). The van der Waals surface area contributed by atoms with E-state index in [4.69, 9.17) is 10.2 Å². The summed E-state index contributed by atoms with van der Waals surface area (Å²) < 4.78 is 29.3. The van der Waals surface area contributed by atoms with Crippen molar-refractivity contribution in [3.63, 3.8) is 0 Å². The van der Waals surface area contributed by atoms with Crippen LogP contribution < -0.4 is 5.73 Å². The first-order valence-electron chi connectivity index (χ1n) is 6.54. The van der Waals surface area contributed by atoms with E-state index in [1.165, 1.54) is 0 Å². The summed E-state index contributed by atoms with van der Waals surface area (Å²) in [7, 11) is -1.06. The summed E-state index contributed by atoms with van der Waals surface area (Å²) in [6.45, 7) is 2.83. The molecule has 6 heteroatoms. The van der Waals surface area contributed by atoms with E-state index in [1.54, 1.807) is 0 Å². The average Bonchev–Trinajstić information content (AvgIpc) is 2.73. The predicted octanol–water partition coefficient (Wildman–Crippen LogP) is 0.926. The number of sulfone groups is 1. The number of hydrogen-bond donors (Lipinski definition) is 1. The van der Waals surface area contributed by atoms with Crippen LogP contribution in [0.4, 0.5) is 0 Å². The second-order valence-corrected chi connectivity index (χ2v) is 7.68. The van der Waals surface area contributed by atoms with E-state index >= 15 is 0 Å². The van der Waals surface area contributed by atoms with E-state index in [0.717, 1.165) is 17.9 Å². The Morgan fingerprint density at radius 1 is 1.47 bits per heavy atom. The largest absolute Gasteiger partial charge is 0.465 e. The minimum Gasteiger partial charge on any atom is -0.465 e. The zero-order valence-corrected chi connectivity index (χ0v) is 12.4. The number of rotatable bonds is 4. The van der Waals surface area contributed by atoms with Crippen molar-refractivity contribution in [2.24, 2.45) is 5.73 Å². The molecule has 1 unspecified atom stereocenters. The zero-order valence-electron chi connectivity index (χ0n) is 11.6. The minimum atomic E-state index is -2.99. The van der Waals surface area contributed by atoms with E-state index in [9.17, 15) is 8.42 Å². The second kappa shape index (κ2) is 5.26. The molecule has 1 aromatic heterocycles. The molecule has 1 atom stereocenters. The van der Waals surface area contributed by atoms with Crippen LogP contribution in [0.25, 0.3) is 0 Å². The van der Waals surface area contributed by atoms with Crippen LogP contribution in [0.5, 0.6) is 0 Å². The second-order valence-electron chi connectivity index (χ2n) is 5.49. The summed E-state index contributed by atoms with van der Waals surface area (Å²) in [5.41, 5.74) is 5.42. The Morgan fingerprint density at radius 3 is 2.74 bits per heavy atom. The van der Waals surface area contributed by atoms with Crippen molar-refractivity contribution in [2.75, 3.05) is 25.1 Å². The van der Waals surface area contributed by atoms with Crippen LogP contribution in [0.1, 0.15) is 24.4 Å². The van der Waals surface area contributed by atoms with Gasteiger partial charge in [0.25, 0.3) is 0 Å². The molecule has 108 valence electrons. The lowest BCUT2D eigenvalue weighted by Gasteiger charge is -2.43. The van der Waals surface area contributed by atoms with Gasteiger partial charge in [-0.05, 0) is 38.9 Å². The standard InChI is InChI=1S/C13H22N2O3S/c1-11-4-5-12(18-11)8-15(2)13(9-14)6-3-7-19(16,17)10-13/h4-5H,3,6-10,14H2,1-2H3.